The molecule has 0 spiro atoms. The highest BCUT2D eigenvalue weighted by molar-refractivity contribution is 7.88. The van der Waals surface area contributed by atoms with Crippen molar-refractivity contribution < 1.29 is 27.1 Å². The smallest absolute Gasteiger partial charge is 0.325 e. The Morgan fingerprint density at radius 3 is 2.62 bits per heavy atom. The highest BCUT2D eigenvalue weighted by Gasteiger charge is 2.38. The van der Waals surface area contributed by atoms with Crippen molar-refractivity contribution in [2.24, 2.45) is 0 Å². The summed E-state index contributed by atoms with van der Waals surface area (Å²) in [7, 11) is -3.62. The molecule has 0 unspecified atom stereocenters. The largest absolute Gasteiger partial charge is 0.465 e. The number of sulfonamides is 1. The number of pyridine rings is 1. The van der Waals surface area contributed by atoms with Crippen molar-refractivity contribution in [3.63, 3.8) is 0 Å². The summed E-state index contributed by atoms with van der Waals surface area (Å²) in [6, 6.07) is 6.42. The predicted octanol–water partition coefficient (Wildman–Crippen LogP) is 2.18. The van der Waals surface area contributed by atoms with E-state index < -0.39 is 33.9 Å². The lowest BCUT2D eigenvalue weighted by atomic mass is 10.1. The van der Waals surface area contributed by atoms with Crippen molar-refractivity contribution in [1.29, 1.82) is 0 Å². The van der Waals surface area contributed by atoms with Crippen LogP contribution < -0.4 is 10.6 Å². The minimum atomic E-state index is -3.62. The van der Waals surface area contributed by atoms with Gasteiger partial charge in [0.2, 0.25) is 10.0 Å². The van der Waals surface area contributed by atoms with Gasteiger partial charge in [-0.3, -0.25) is 14.7 Å². The Balaban J connectivity index is 1.69. The second kappa shape index (κ2) is 10.9. The number of hydrogen-bond donors (Lipinski definition) is 2. The van der Waals surface area contributed by atoms with Gasteiger partial charge in [0.15, 0.2) is 5.82 Å². The zero-order valence-corrected chi connectivity index (χ0v) is 20.1. The third-order valence-corrected chi connectivity index (χ3v) is 6.58. The molecule has 184 valence electrons. The molecule has 0 bridgehead atoms. The summed E-state index contributed by atoms with van der Waals surface area (Å²) in [6.45, 7) is 4.15. The molecule has 1 aliphatic heterocycles. The lowest BCUT2D eigenvalue weighted by molar-refractivity contribution is -0.149. The van der Waals surface area contributed by atoms with Crippen LogP contribution in [0.25, 0.3) is 0 Å². The molecular formula is C22H28FN5O5S. The summed E-state index contributed by atoms with van der Waals surface area (Å²) in [4.78, 5) is 30.5. The fourth-order valence-corrected chi connectivity index (χ4v) is 4.69. The van der Waals surface area contributed by atoms with Crippen LogP contribution >= 0.6 is 0 Å². The number of hydrogen-bond acceptors (Lipinski definition) is 7. The third kappa shape index (κ3) is 6.49. The van der Waals surface area contributed by atoms with E-state index in [2.05, 4.69) is 15.6 Å². The number of carbonyl (C=O) groups excluding carboxylic acids is 2. The average molecular weight is 494 g/mol. The number of carbonyl (C=O) groups is 2. The number of aryl methyl sites for hydroxylation is 1. The van der Waals surface area contributed by atoms with E-state index in [1.807, 2.05) is 6.92 Å². The van der Waals surface area contributed by atoms with Gasteiger partial charge in [0.1, 0.15) is 6.04 Å². The molecule has 2 N–H and O–H groups in total. The first-order valence-electron chi connectivity index (χ1n) is 10.7. The van der Waals surface area contributed by atoms with Crippen molar-refractivity contribution in [3.05, 3.63) is 53.6 Å². The van der Waals surface area contributed by atoms with Gasteiger partial charge in [0, 0.05) is 37.4 Å². The molecule has 2 heterocycles. The van der Waals surface area contributed by atoms with Crippen LogP contribution in [0, 0.1) is 12.7 Å². The van der Waals surface area contributed by atoms with Gasteiger partial charge in [0.25, 0.3) is 0 Å². The lowest BCUT2D eigenvalue weighted by Gasteiger charge is -2.38. The highest BCUT2D eigenvalue weighted by atomic mass is 32.2. The van der Waals surface area contributed by atoms with Crippen LogP contribution in [0.4, 0.5) is 20.6 Å². The molecular weight excluding hydrogens is 465 g/mol. The Labute approximate surface area is 198 Å². The number of esters is 1. The van der Waals surface area contributed by atoms with E-state index in [1.54, 1.807) is 36.1 Å². The Morgan fingerprint density at radius 1 is 1.21 bits per heavy atom. The molecule has 1 saturated heterocycles. The fraction of sp³-hybridized carbons (Fsp3) is 0.409. The van der Waals surface area contributed by atoms with Crippen molar-refractivity contribution in [2.75, 3.05) is 43.1 Å². The van der Waals surface area contributed by atoms with E-state index in [4.69, 9.17) is 4.74 Å². The fourth-order valence-electron chi connectivity index (χ4n) is 3.66. The van der Waals surface area contributed by atoms with Crippen LogP contribution in [-0.2, 0) is 26.1 Å². The Morgan fingerprint density at radius 2 is 1.97 bits per heavy atom. The first kappa shape index (κ1) is 25.5. The predicted molar refractivity (Wildman–Crippen MR) is 125 cm³/mol. The molecule has 2 aromatic rings. The molecule has 1 aromatic carbocycles. The van der Waals surface area contributed by atoms with Gasteiger partial charge in [-0.15, -0.1) is 0 Å². The Kier molecular flexibility index (Phi) is 8.18. The van der Waals surface area contributed by atoms with E-state index in [0.717, 1.165) is 16.3 Å². The SMILES string of the molecule is CCOC(=O)[C@@H]1CN(Cc2cccc(NC(=O)Nc3ccc(C)nc3)c2F)CCN1S(C)(=O)=O. The number of urea groups is 1. The monoisotopic (exact) mass is 493 g/mol. The maximum Gasteiger partial charge on any atom is 0.325 e. The number of ether oxygens (including phenoxy) is 1. The molecule has 10 nitrogen and oxygen atoms in total. The number of rotatable bonds is 7. The summed E-state index contributed by atoms with van der Waals surface area (Å²) < 4.78 is 45.5. The average Bonchev–Trinajstić information content (AvgIpc) is 2.77. The molecule has 0 aliphatic carbocycles. The summed E-state index contributed by atoms with van der Waals surface area (Å²) >= 11 is 0. The normalized spacial score (nSPS) is 17.2. The molecule has 12 heteroatoms. The van der Waals surface area contributed by atoms with E-state index in [-0.39, 0.29) is 31.9 Å². The maximum absolute atomic E-state index is 15.1. The van der Waals surface area contributed by atoms with Gasteiger partial charge in [-0.05, 0) is 32.0 Å². The number of aromatic nitrogens is 1. The summed E-state index contributed by atoms with van der Waals surface area (Å²) in [5.74, 6) is -1.26. The number of piperazine rings is 1. The van der Waals surface area contributed by atoms with E-state index in [1.165, 1.54) is 12.3 Å². The first-order valence-corrected chi connectivity index (χ1v) is 12.6. The van der Waals surface area contributed by atoms with Gasteiger partial charge in [-0.1, -0.05) is 12.1 Å². The zero-order chi connectivity index (χ0) is 24.9. The van der Waals surface area contributed by atoms with E-state index in [0.29, 0.717) is 17.8 Å². The molecule has 1 fully saturated rings. The standard InChI is InChI=1S/C22H28FN5O5S/c1-4-33-21(29)19-14-27(10-11-28(19)34(3,31)32)13-16-6-5-7-18(20(16)23)26-22(30)25-17-9-8-15(2)24-12-17/h5-9,12,19H,4,10-11,13-14H2,1-3H3,(H2,25,26,30)/t19-/m0/s1. The number of benzene rings is 1. The molecule has 1 aliphatic rings. The van der Waals surface area contributed by atoms with Crippen molar-refractivity contribution >= 4 is 33.4 Å². The molecule has 0 radical (unpaired) electrons. The minimum Gasteiger partial charge on any atom is -0.465 e. The van der Waals surface area contributed by atoms with Gasteiger partial charge >= 0.3 is 12.0 Å². The third-order valence-electron chi connectivity index (χ3n) is 5.29. The number of halogens is 1. The van der Waals surface area contributed by atoms with E-state index in [9.17, 15) is 18.0 Å². The second-order valence-electron chi connectivity index (χ2n) is 7.92. The highest BCUT2D eigenvalue weighted by Crippen LogP contribution is 2.22. The van der Waals surface area contributed by atoms with Gasteiger partial charge in [-0.25, -0.2) is 17.6 Å². The lowest BCUT2D eigenvalue weighted by Crippen LogP contribution is -2.58. The molecule has 3 rings (SSSR count). The molecule has 1 aromatic heterocycles. The van der Waals surface area contributed by atoms with Crippen molar-refractivity contribution in [3.8, 4) is 0 Å². The van der Waals surface area contributed by atoms with Crippen LogP contribution in [0.1, 0.15) is 18.2 Å². The maximum atomic E-state index is 15.1. The molecule has 2 amide bonds. The molecule has 0 saturated carbocycles. The number of anilines is 2. The first-order chi connectivity index (χ1) is 16.1. The number of amides is 2. The number of nitrogens with zero attached hydrogens (tertiary/aromatic N) is 3. The zero-order valence-electron chi connectivity index (χ0n) is 19.2. The Hall–Kier alpha value is -3.09. The van der Waals surface area contributed by atoms with Gasteiger partial charge in [0.05, 0.1) is 30.4 Å². The second-order valence-corrected chi connectivity index (χ2v) is 9.86. The van der Waals surface area contributed by atoms with Crippen molar-refractivity contribution in [1.82, 2.24) is 14.2 Å². The summed E-state index contributed by atoms with van der Waals surface area (Å²) in [5.41, 5.74) is 1.55. The van der Waals surface area contributed by atoms with Gasteiger partial charge < -0.3 is 15.4 Å². The van der Waals surface area contributed by atoms with Crippen molar-refractivity contribution in [2.45, 2.75) is 26.4 Å². The van der Waals surface area contributed by atoms with Crippen LogP contribution in [0.15, 0.2) is 36.5 Å². The van der Waals surface area contributed by atoms with Crippen LogP contribution in [0.3, 0.4) is 0 Å². The Bertz CT molecular complexity index is 1140. The van der Waals surface area contributed by atoms with Crippen LogP contribution in [0.5, 0.6) is 0 Å². The summed E-state index contributed by atoms with van der Waals surface area (Å²) in [6.07, 6.45) is 2.54. The summed E-state index contributed by atoms with van der Waals surface area (Å²) in [5, 5.41) is 5.08. The van der Waals surface area contributed by atoms with Crippen LogP contribution in [0.2, 0.25) is 0 Å². The molecule has 1 atom stereocenters. The van der Waals surface area contributed by atoms with Crippen LogP contribution in [-0.4, -0.2) is 73.1 Å². The van der Waals surface area contributed by atoms with Gasteiger partial charge in [-0.2, -0.15) is 4.31 Å². The van der Waals surface area contributed by atoms with E-state index >= 15 is 4.39 Å². The number of nitrogens with one attached hydrogen (secondary N) is 2. The quantitative estimate of drug-likeness (QED) is 0.567. The minimum absolute atomic E-state index is 0.00761. The molecule has 34 heavy (non-hydrogen) atoms. The topological polar surface area (TPSA) is 121 Å².